The molecular formula is C28H27N5O3. The van der Waals surface area contributed by atoms with Crippen LogP contribution in [0, 0.1) is 0 Å². The molecule has 182 valence electrons. The number of nitrogens with zero attached hydrogens (tertiary/aromatic N) is 2. The molecule has 0 spiro atoms. The quantitative estimate of drug-likeness (QED) is 0.218. The van der Waals surface area contributed by atoms with Gasteiger partial charge < -0.3 is 21.9 Å². The van der Waals surface area contributed by atoms with Crippen LogP contribution < -0.4 is 16.8 Å². The van der Waals surface area contributed by atoms with Crippen molar-refractivity contribution >= 4 is 40.1 Å². The molecule has 0 heterocycles. The van der Waals surface area contributed by atoms with Gasteiger partial charge in [-0.2, -0.15) is 0 Å². The van der Waals surface area contributed by atoms with Gasteiger partial charge in [-0.3, -0.25) is 9.69 Å². The van der Waals surface area contributed by atoms with Gasteiger partial charge in [0, 0.05) is 18.7 Å². The molecule has 1 atom stereocenters. The van der Waals surface area contributed by atoms with Crippen LogP contribution in [0.4, 0.5) is 16.2 Å². The van der Waals surface area contributed by atoms with Crippen LogP contribution in [-0.2, 0) is 17.8 Å². The van der Waals surface area contributed by atoms with Gasteiger partial charge in [0.25, 0.3) is 0 Å². The Kier molecular flexibility index (Phi) is 7.45. The molecule has 0 bridgehead atoms. The number of fused-ring (bicyclic) bond motifs is 1. The highest BCUT2D eigenvalue weighted by atomic mass is 16.4. The summed E-state index contributed by atoms with van der Waals surface area (Å²) in [6.07, 6.45) is -1.02. The van der Waals surface area contributed by atoms with E-state index in [1.165, 1.54) is 0 Å². The maximum Gasteiger partial charge on any atom is 0.408 e. The zero-order valence-electron chi connectivity index (χ0n) is 19.5. The number of amides is 2. The second-order valence-corrected chi connectivity index (χ2v) is 8.37. The van der Waals surface area contributed by atoms with Crippen molar-refractivity contribution in [3.63, 3.8) is 0 Å². The predicted octanol–water partition coefficient (Wildman–Crippen LogP) is 4.47. The first-order valence-corrected chi connectivity index (χ1v) is 11.4. The van der Waals surface area contributed by atoms with Gasteiger partial charge in [-0.05, 0) is 46.2 Å². The van der Waals surface area contributed by atoms with Crippen molar-refractivity contribution in [3.8, 4) is 0 Å². The normalized spacial score (nSPS) is 11.4. The highest BCUT2D eigenvalue weighted by Crippen LogP contribution is 2.22. The van der Waals surface area contributed by atoms with Gasteiger partial charge in [0.2, 0.25) is 5.91 Å². The summed E-state index contributed by atoms with van der Waals surface area (Å²) >= 11 is 0. The monoisotopic (exact) mass is 481 g/mol. The summed E-state index contributed by atoms with van der Waals surface area (Å²) in [6.45, 7) is 0.0675. The molecule has 0 aliphatic carbocycles. The van der Waals surface area contributed by atoms with E-state index in [2.05, 4.69) is 10.3 Å². The smallest absolute Gasteiger partial charge is 0.408 e. The fourth-order valence-electron chi connectivity index (χ4n) is 4.01. The number of hydrogen-bond donors (Lipinski definition) is 4. The third kappa shape index (κ3) is 6.18. The number of hydrogen-bond acceptors (Lipinski definition) is 3. The number of carbonyl (C=O) groups excluding carboxylic acids is 1. The molecular weight excluding hydrogens is 454 g/mol. The molecule has 2 amide bonds. The Labute approximate surface area is 208 Å². The number of anilines is 1. The topological polar surface area (TPSA) is 134 Å². The van der Waals surface area contributed by atoms with E-state index in [4.69, 9.17) is 11.5 Å². The van der Waals surface area contributed by atoms with E-state index in [0.717, 1.165) is 26.8 Å². The molecule has 4 aromatic carbocycles. The molecule has 0 aliphatic rings. The van der Waals surface area contributed by atoms with Crippen LogP contribution in [0.2, 0.25) is 0 Å². The van der Waals surface area contributed by atoms with E-state index in [9.17, 15) is 14.7 Å². The summed E-state index contributed by atoms with van der Waals surface area (Å²) in [6, 6.07) is 28.6. The third-order valence-electron chi connectivity index (χ3n) is 5.76. The second-order valence-electron chi connectivity index (χ2n) is 8.37. The summed E-state index contributed by atoms with van der Waals surface area (Å²) in [5.41, 5.74) is 13.6. The van der Waals surface area contributed by atoms with Crippen LogP contribution >= 0.6 is 0 Å². The van der Waals surface area contributed by atoms with Crippen molar-refractivity contribution < 1.29 is 14.7 Å². The van der Waals surface area contributed by atoms with Crippen molar-refractivity contribution in [1.82, 2.24) is 4.90 Å². The van der Waals surface area contributed by atoms with Crippen LogP contribution in [0.5, 0.6) is 0 Å². The molecule has 0 saturated heterocycles. The Morgan fingerprint density at radius 3 is 2.17 bits per heavy atom. The van der Waals surface area contributed by atoms with Gasteiger partial charge >= 0.3 is 6.09 Å². The lowest BCUT2D eigenvalue weighted by atomic mass is 10.0. The Balaban J connectivity index is 1.63. The average Bonchev–Trinajstić information content (AvgIpc) is 2.87. The predicted molar refractivity (Wildman–Crippen MR) is 142 cm³/mol. The average molecular weight is 482 g/mol. The molecule has 0 saturated carbocycles. The molecule has 4 aromatic rings. The minimum atomic E-state index is -1.19. The minimum Gasteiger partial charge on any atom is -0.465 e. The Morgan fingerprint density at radius 1 is 0.833 bits per heavy atom. The van der Waals surface area contributed by atoms with Crippen LogP contribution in [0.25, 0.3) is 10.8 Å². The first-order valence-electron chi connectivity index (χ1n) is 11.4. The van der Waals surface area contributed by atoms with Crippen LogP contribution in [0.3, 0.4) is 0 Å². The number of rotatable bonds is 8. The molecule has 6 N–H and O–H groups in total. The van der Waals surface area contributed by atoms with Gasteiger partial charge in [0.05, 0.1) is 5.69 Å². The highest BCUT2D eigenvalue weighted by molar-refractivity contribution is 5.98. The molecule has 0 aliphatic heterocycles. The maximum absolute atomic E-state index is 13.5. The summed E-state index contributed by atoms with van der Waals surface area (Å²) in [7, 11) is 0. The minimum absolute atomic E-state index is 0.0599. The molecule has 8 nitrogen and oxygen atoms in total. The number of benzene rings is 4. The molecule has 0 radical (unpaired) electrons. The lowest BCUT2D eigenvalue weighted by molar-refractivity contribution is -0.121. The third-order valence-corrected chi connectivity index (χ3v) is 5.76. The zero-order chi connectivity index (χ0) is 25.5. The number of guanidine groups is 1. The maximum atomic E-state index is 13.5. The molecule has 36 heavy (non-hydrogen) atoms. The lowest BCUT2D eigenvalue weighted by Crippen LogP contribution is -2.47. The number of carboxylic acid groups (broad SMARTS) is 1. The molecule has 0 fully saturated rings. The second kappa shape index (κ2) is 11.1. The van der Waals surface area contributed by atoms with Gasteiger partial charge in [0.1, 0.15) is 6.04 Å². The first kappa shape index (κ1) is 24.3. The summed E-state index contributed by atoms with van der Waals surface area (Å²) in [5.74, 6) is -0.479. The lowest BCUT2D eigenvalue weighted by Gasteiger charge is -2.29. The summed E-state index contributed by atoms with van der Waals surface area (Å²) in [5, 5.41) is 15.0. The largest absolute Gasteiger partial charge is 0.465 e. The Hall–Kier alpha value is -4.85. The van der Waals surface area contributed by atoms with Crippen LogP contribution in [-0.4, -0.2) is 34.0 Å². The van der Waals surface area contributed by atoms with Crippen LogP contribution in [0.1, 0.15) is 11.1 Å². The van der Waals surface area contributed by atoms with Gasteiger partial charge in [-0.1, -0.05) is 72.8 Å². The SMILES string of the molecule is NC(N)=Nc1ccc(C[C@@H](C(=O)Nc2ccc3ccccc3c2)N(Cc2ccccc2)C(=O)O)cc1. The first-order chi connectivity index (χ1) is 17.4. The number of nitrogens with two attached hydrogens (primary N) is 2. The van der Waals surface area contributed by atoms with Gasteiger partial charge in [-0.25, -0.2) is 9.79 Å². The van der Waals surface area contributed by atoms with Crippen LogP contribution in [0.15, 0.2) is 102 Å². The van der Waals surface area contributed by atoms with E-state index in [1.807, 2.05) is 72.8 Å². The number of nitrogens with one attached hydrogen (secondary N) is 1. The standard InChI is InChI=1S/C28H27N5O3/c29-27(30)32-23-13-10-19(11-14-23)16-25(33(28(35)36)18-20-6-2-1-3-7-20)26(34)31-24-15-12-21-8-4-5-9-22(21)17-24/h1-15,17,25H,16,18H2,(H,31,34)(H,35,36)(H4,29,30,32)/t25-/m0/s1. The van der Waals surface area contributed by atoms with Crippen molar-refractivity contribution in [2.45, 2.75) is 19.0 Å². The van der Waals surface area contributed by atoms with Crippen molar-refractivity contribution in [3.05, 3.63) is 108 Å². The Bertz CT molecular complexity index is 1380. The van der Waals surface area contributed by atoms with E-state index < -0.39 is 18.0 Å². The van der Waals surface area contributed by atoms with Gasteiger partial charge in [-0.15, -0.1) is 0 Å². The molecule has 4 rings (SSSR count). The summed E-state index contributed by atoms with van der Waals surface area (Å²) < 4.78 is 0. The van der Waals surface area contributed by atoms with Crippen molar-refractivity contribution in [1.29, 1.82) is 0 Å². The van der Waals surface area contributed by atoms with E-state index in [-0.39, 0.29) is 18.9 Å². The Morgan fingerprint density at radius 2 is 1.50 bits per heavy atom. The van der Waals surface area contributed by atoms with E-state index in [1.54, 1.807) is 24.3 Å². The summed E-state index contributed by atoms with van der Waals surface area (Å²) in [4.78, 5) is 31.0. The van der Waals surface area contributed by atoms with Gasteiger partial charge in [0.15, 0.2) is 5.96 Å². The molecule has 8 heteroatoms. The zero-order valence-corrected chi connectivity index (χ0v) is 19.5. The van der Waals surface area contributed by atoms with E-state index in [0.29, 0.717) is 11.4 Å². The fourth-order valence-corrected chi connectivity index (χ4v) is 4.01. The molecule has 0 unspecified atom stereocenters. The van der Waals surface area contributed by atoms with Crippen molar-refractivity contribution in [2.24, 2.45) is 16.5 Å². The number of carbonyl (C=O) groups is 2. The van der Waals surface area contributed by atoms with E-state index >= 15 is 0 Å². The number of aliphatic imine (C=N–C) groups is 1. The highest BCUT2D eigenvalue weighted by Gasteiger charge is 2.30. The fraction of sp³-hybridized carbons (Fsp3) is 0.107. The van der Waals surface area contributed by atoms with Crippen molar-refractivity contribution in [2.75, 3.05) is 5.32 Å². The molecule has 0 aromatic heterocycles.